The number of carbonyl (C=O) groups is 1. The second kappa shape index (κ2) is 9.58. The van der Waals surface area contributed by atoms with Gasteiger partial charge in [0.1, 0.15) is 0 Å². The quantitative estimate of drug-likeness (QED) is 0.363. The molecule has 6 nitrogen and oxygen atoms in total. The fraction of sp³-hybridized carbons (Fsp3) is 0.207. The lowest BCUT2D eigenvalue weighted by Crippen LogP contribution is -2.45. The SMILES string of the molecule is CCc1ccc(-c2noc(C3=C(C)N(Cc4ccccc4C)C(=O)NC3c3ccccc3)n2)cc1. The Kier molecular flexibility index (Phi) is 6.19. The third-order valence-corrected chi connectivity index (χ3v) is 6.60. The van der Waals surface area contributed by atoms with Gasteiger partial charge in [-0.25, -0.2) is 4.79 Å². The van der Waals surface area contributed by atoms with E-state index in [9.17, 15) is 4.79 Å². The van der Waals surface area contributed by atoms with Crippen molar-refractivity contribution in [1.82, 2.24) is 20.4 Å². The number of nitrogens with zero attached hydrogens (tertiary/aromatic N) is 3. The van der Waals surface area contributed by atoms with Crippen LogP contribution in [0.3, 0.4) is 0 Å². The molecule has 1 unspecified atom stereocenters. The standard InChI is InChI=1S/C29H28N4O2/c1-4-21-14-16-23(17-15-21)27-31-28(35-32-27)25-20(3)33(18-24-13-9-8-10-19(24)2)29(34)30-26(25)22-11-6-5-7-12-22/h5-17,26H,4,18H2,1-3H3,(H,30,34). The summed E-state index contributed by atoms with van der Waals surface area (Å²) in [7, 11) is 0. The average molecular weight is 465 g/mol. The molecule has 0 fully saturated rings. The molecule has 1 aliphatic rings. The van der Waals surface area contributed by atoms with Gasteiger partial charge in [0.05, 0.1) is 18.2 Å². The Hall–Kier alpha value is -4.19. The minimum absolute atomic E-state index is 0.154. The van der Waals surface area contributed by atoms with Crippen LogP contribution in [0, 0.1) is 6.92 Å². The first-order chi connectivity index (χ1) is 17.0. The van der Waals surface area contributed by atoms with Crippen LogP contribution in [0.25, 0.3) is 17.0 Å². The van der Waals surface area contributed by atoms with Crippen LogP contribution in [0.1, 0.15) is 48.0 Å². The van der Waals surface area contributed by atoms with Gasteiger partial charge in [-0.05, 0) is 42.5 Å². The highest BCUT2D eigenvalue weighted by molar-refractivity contribution is 5.86. The molecule has 2 amide bonds. The number of allylic oxidation sites excluding steroid dienone is 1. The molecule has 1 N–H and O–H groups in total. The number of amides is 2. The van der Waals surface area contributed by atoms with E-state index in [0.717, 1.165) is 39.9 Å². The molecular formula is C29H28N4O2. The molecular weight excluding hydrogens is 436 g/mol. The Morgan fingerprint density at radius 1 is 0.943 bits per heavy atom. The lowest BCUT2D eigenvalue weighted by atomic mass is 9.94. The van der Waals surface area contributed by atoms with Crippen molar-refractivity contribution in [3.8, 4) is 11.4 Å². The zero-order valence-corrected chi connectivity index (χ0v) is 20.2. The second-order valence-electron chi connectivity index (χ2n) is 8.78. The van der Waals surface area contributed by atoms with Crippen molar-refractivity contribution in [3.05, 3.63) is 113 Å². The third-order valence-electron chi connectivity index (χ3n) is 6.60. The molecule has 176 valence electrons. The van der Waals surface area contributed by atoms with Crippen LogP contribution in [0.4, 0.5) is 4.79 Å². The zero-order valence-electron chi connectivity index (χ0n) is 20.2. The van der Waals surface area contributed by atoms with E-state index in [1.807, 2.05) is 67.6 Å². The van der Waals surface area contributed by atoms with E-state index in [2.05, 4.69) is 42.5 Å². The maximum Gasteiger partial charge on any atom is 0.322 e. The number of carbonyl (C=O) groups excluding carboxylic acids is 1. The van der Waals surface area contributed by atoms with Gasteiger partial charge in [0.2, 0.25) is 5.82 Å². The van der Waals surface area contributed by atoms with Gasteiger partial charge < -0.3 is 9.84 Å². The molecule has 2 heterocycles. The molecule has 0 spiro atoms. The minimum Gasteiger partial charge on any atom is -0.334 e. The largest absolute Gasteiger partial charge is 0.334 e. The number of benzene rings is 3. The van der Waals surface area contributed by atoms with Gasteiger partial charge in [0.15, 0.2) is 0 Å². The molecule has 35 heavy (non-hydrogen) atoms. The van der Waals surface area contributed by atoms with E-state index in [1.54, 1.807) is 4.90 Å². The molecule has 6 heteroatoms. The summed E-state index contributed by atoms with van der Waals surface area (Å²) in [4.78, 5) is 19.8. The van der Waals surface area contributed by atoms with E-state index < -0.39 is 6.04 Å². The molecule has 1 atom stereocenters. The van der Waals surface area contributed by atoms with Crippen LogP contribution in [-0.2, 0) is 13.0 Å². The van der Waals surface area contributed by atoms with E-state index in [0.29, 0.717) is 18.3 Å². The minimum atomic E-state index is -0.396. The highest BCUT2D eigenvalue weighted by atomic mass is 16.5. The maximum atomic E-state index is 13.3. The highest BCUT2D eigenvalue weighted by Crippen LogP contribution is 2.38. The highest BCUT2D eigenvalue weighted by Gasteiger charge is 2.35. The van der Waals surface area contributed by atoms with Crippen molar-refractivity contribution >= 4 is 11.6 Å². The molecule has 0 bridgehead atoms. The molecule has 0 aliphatic carbocycles. The molecule has 3 aromatic carbocycles. The molecule has 4 aromatic rings. The number of aryl methyl sites for hydroxylation is 2. The lowest BCUT2D eigenvalue weighted by molar-refractivity contribution is 0.203. The first kappa shape index (κ1) is 22.6. The van der Waals surface area contributed by atoms with E-state index in [4.69, 9.17) is 9.51 Å². The molecule has 1 aliphatic heterocycles. The lowest BCUT2D eigenvalue weighted by Gasteiger charge is -2.35. The first-order valence-electron chi connectivity index (χ1n) is 11.9. The Morgan fingerprint density at radius 2 is 1.66 bits per heavy atom. The molecule has 0 saturated heterocycles. The van der Waals surface area contributed by atoms with E-state index >= 15 is 0 Å². The first-order valence-corrected chi connectivity index (χ1v) is 11.9. The van der Waals surface area contributed by atoms with Crippen molar-refractivity contribution in [2.75, 3.05) is 0 Å². The molecule has 0 radical (unpaired) electrons. The summed E-state index contributed by atoms with van der Waals surface area (Å²) in [5.74, 6) is 0.929. The summed E-state index contributed by atoms with van der Waals surface area (Å²) in [5.41, 5.74) is 6.91. The summed E-state index contributed by atoms with van der Waals surface area (Å²) < 4.78 is 5.80. The van der Waals surface area contributed by atoms with E-state index in [-0.39, 0.29) is 6.03 Å². The number of aromatic nitrogens is 2. The number of hydrogen-bond donors (Lipinski definition) is 1. The Morgan fingerprint density at radius 3 is 2.37 bits per heavy atom. The normalized spacial score (nSPS) is 15.9. The fourth-order valence-corrected chi connectivity index (χ4v) is 4.44. The van der Waals surface area contributed by atoms with Gasteiger partial charge in [-0.3, -0.25) is 4.90 Å². The number of rotatable bonds is 6. The van der Waals surface area contributed by atoms with Gasteiger partial charge in [0, 0.05) is 11.3 Å². The Balaban J connectivity index is 1.58. The van der Waals surface area contributed by atoms with Gasteiger partial charge in [-0.1, -0.05) is 90.9 Å². The Bertz CT molecular complexity index is 1370. The van der Waals surface area contributed by atoms with Crippen LogP contribution < -0.4 is 5.32 Å². The Labute approximate surface area is 205 Å². The summed E-state index contributed by atoms with van der Waals surface area (Å²) >= 11 is 0. The van der Waals surface area contributed by atoms with Crippen LogP contribution in [0.5, 0.6) is 0 Å². The second-order valence-corrected chi connectivity index (χ2v) is 8.78. The predicted octanol–water partition coefficient (Wildman–Crippen LogP) is 6.31. The molecule has 1 aromatic heterocycles. The van der Waals surface area contributed by atoms with Gasteiger partial charge >= 0.3 is 6.03 Å². The average Bonchev–Trinajstić information content (AvgIpc) is 3.37. The number of nitrogens with one attached hydrogen (secondary N) is 1. The van der Waals surface area contributed by atoms with E-state index in [1.165, 1.54) is 5.56 Å². The van der Waals surface area contributed by atoms with Gasteiger partial charge in [-0.15, -0.1) is 0 Å². The summed E-state index contributed by atoms with van der Waals surface area (Å²) in [5, 5.41) is 7.44. The predicted molar refractivity (Wildman–Crippen MR) is 136 cm³/mol. The molecule has 0 saturated carbocycles. The number of hydrogen-bond acceptors (Lipinski definition) is 4. The van der Waals surface area contributed by atoms with Gasteiger partial charge in [0.25, 0.3) is 5.89 Å². The maximum absolute atomic E-state index is 13.3. The van der Waals surface area contributed by atoms with Crippen molar-refractivity contribution in [3.63, 3.8) is 0 Å². The van der Waals surface area contributed by atoms with Crippen LogP contribution >= 0.6 is 0 Å². The zero-order chi connectivity index (χ0) is 24.4. The van der Waals surface area contributed by atoms with Crippen molar-refractivity contribution < 1.29 is 9.32 Å². The third kappa shape index (κ3) is 4.47. The molecule has 5 rings (SSSR count). The van der Waals surface area contributed by atoms with Crippen LogP contribution in [0.15, 0.2) is 89.1 Å². The smallest absolute Gasteiger partial charge is 0.322 e. The monoisotopic (exact) mass is 464 g/mol. The van der Waals surface area contributed by atoms with Crippen molar-refractivity contribution in [1.29, 1.82) is 0 Å². The summed E-state index contributed by atoms with van der Waals surface area (Å²) in [6.45, 7) is 6.58. The number of urea groups is 1. The van der Waals surface area contributed by atoms with Crippen molar-refractivity contribution in [2.24, 2.45) is 0 Å². The van der Waals surface area contributed by atoms with Crippen LogP contribution in [0.2, 0.25) is 0 Å². The topological polar surface area (TPSA) is 71.3 Å². The van der Waals surface area contributed by atoms with Crippen LogP contribution in [-0.4, -0.2) is 21.1 Å². The fourth-order valence-electron chi connectivity index (χ4n) is 4.44. The van der Waals surface area contributed by atoms with Gasteiger partial charge in [-0.2, -0.15) is 4.98 Å². The summed E-state index contributed by atoms with van der Waals surface area (Å²) in [6.07, 6.45) is 0.971. The van der Waals surface area contributed by atoms with Crippen molar-refractivity contribution in [2.45, 2.75) is 39.8 Å². The summed E-state index contributed by atoms with van der Waals surface area (Å²) in [6, 6.07) is 25.6.